The van der Waals surface area contributed by atoms with Crippen LogP contribution in [0.1, 0.15) is 11.3 Å². The molecule has 98 valence electrons. The Kier molecular flexibility index (Phi) is 4.02. The summed E-state index contributed by atoms with van der Waals surface area (Å²) in [5.41, 5.74) is 2.14. The molecule has 1 aromatic carbocycles. The summed E-state index contributed by atoms with van der Waals surface area (Å²) < 4.78 is 5.29. The van der Waals surface area contributed by atoms with Crippen molar-refractivity contribution in [3.63, 3.8) is 0 Å². The van der Waals surface area contributed by atoms with Crippen LogP contribution in [0.5, 0.6) is 0 Å². The second kappa shape index (κ2) is 5.71. The Morgan fingerprint density at radius 2 is 2.11 bits per heavy atom. The summed E-state index contributed by atoms with van der Waals surface area (Å²) in [4.78, 5) is 8.54. The third kappa shape index (κ3) is 2.85. The predicted molar refractivity (Wildman–Crippen MR) is 77.6 cm³/mol. The minimum Gasteiger partial charge on any atom is -0.467 e. The van der Waals surface area contributed by atoms with Gasteiger partial charge in [-0.1, -0.05) is 11.6 Å². The lowest BCUT2D eigenvalue weighted by molar-refractivity contribution is 0.518. The van der Waals surface area contributed by atoms with Crippen LogP contribution in [0, 0.1) is 6.92 Å². The number of furan rings is 1. The molecule has 0 bridgehead atoms. The largest absolute Gasteiger partial charge is 0.467 e. The summed E-state index contributed by atoms with van der Waals surface area (Å²) in [5.74, 6) is 1.72. The van der Waals surface area contributed by atoms with Gasteiger partial charge in [0.05, 0.1) is 18.3 Å². The fraction of sp³-hybridized carbons (Fsp3) is 0.143. The van der Waals surface area contributed by atoms with E-state index in [2.05, 4.69) is 28.3 Å². The van der Waals surface area contributed by atoms with Gasteiger partial charge in [-0.25, -0.2) is 9.97 Å². The molecule has 4 nitrogen and oxygen atoms in total. The summed E-state index contributed by atoms with van der Waals surface area (Å²) in [6.07, 6.45) is 3.24. The molecule has 5 heteroatoms. The second-order valence-electron chi connectivity index (χ2n) is 4.18. The van der Waals surface area contributed by atoms with E-state index in [1.807, 2.05) is 24.3 Å². The summed E-state index contributed by atoms with van der Waals surface area (Å²) >= 11 is 0. The number of nitrogens with one attached hydrogen (secondary N) is 1. The third-order valence-corrected chi connectivity index (χ3v) is 2.80. The summed E-state index contributed by atoms with van der Waals surface area (Å²) in [5, 5.41) is 4.30. The standard InChI is InChI=1S/C14H13N3O.ClH/c1-10-4-5-13-12(7-10)14(17-9-16-13)15-8-11-3-2-6-18-11;/h2-7,9H,8H2,1H3,(H,15,16,17);1H. The molecule has 0 aliphatic rings. The maximum Gasteiger partial charge on any atom is 0.137 e. The molecule has 0 aliphatic heterocycles. The van der Waals surface area contributed by atoms with E-state index in [1.54, 1.807) is 12.6 Å². The zero-order valence-corrected chi connectivity index (χ0v) is 11.3. The van der Waals surface area contributed by atoms with Crippen molar-refractivity contribution in [1.29, 1.82) is 0 Å². The van der Waals surface area contributed by atoms with Crippen LogP contribution in [0.25, 0.3) is 10.9 Å². The van der Waals surface area contributed by atoms with E-state index in [-0.39, 0.29) is 12.4 Å². The van der Waals surface area contributed by atoms with Gasteiger partial charge in [-0.05, 0) is 31.2 Å². The van der Waals surface area contributed by atoms with Gasteiger partial charge in [0, 0.05) is 5.39 Å². The lowest BCUT2D eigenvalue weighted by atomic mass is 10.1. The quantitative estimate of drug-likeness (QED) is 0.794. The van der Waals surface area contributed by atoms with Gasteiger partial charge in [0.15, 0.2) is 0 Å². The number of aromatic nitrogens is 2. The number of nitrogens with zero attached hydrogens (tertiary/aromatic N) is 2. The van der Waals surface area contributed by atoms with E-state index in [1.165, 1.54) is 5.56 Å². The van der Waals surface area contributed by atoms with Gasteiger partial charge >= 0.3 is 0 Å². The van der Waals surface area contributed by atoms with Crippen molar-refractivity contribution in [3.05, 3.63) is 54.2 Å². The molecule has 0 saturated heterocycles. The molecule has 3 aromatic rings. The van der Waals surface area contributed by atoms with Crippen LogP contribution in [-0.4, -0.2) is 9.97 Å². The Morgan fingerprint density at radius 1 is 1.21 bits per heavy atom. The van der Waals surface area contributed by atoms with E-state index < -0.39 is 0 Å². The van der Waals surface area contributed by atoms with Crippen LogP contribution in [-0.2, 0) is 6.54 Å². The molecule has 19 heavy (non-hydrogen) atoms. The number of hydrogen-bond donors (Lipinski definition) is 1. The second-order valence-corrected chi connectivity index (χ2v) is 4.18. The number of hydrogen-bond acceptors (Lipinski definition) is 4. The molecule has 2 heterocycles. The first-order chi connectivity index (χ1) is 8.83. The molecule has 0 aliphatic carbocycles. The molecule has 0 amide bonds. The molecule has 0 spiro atoms. The zero-order chi connectivity index (χ0) is 12.4. The molecule has 0 fully saturated rings. The van der Waals surface area contributed by atoms with Gasteiger partial charge in [-0.15, -0.1) is 12.4 Å². The lowest BCUT2D eigenvalue weighted by Crippen LogP contribution is -2.01. The van der Waals surface area contributed by atoms with Crippen molar-refractivity contribution in [1.82, 2.24) is 9.97 Å². The van der Waals surface area contributed by atoms with Crippen molar-refractivity contribution in [3.8, 4) is 0 Å². The van der Waals surface area contributed by atoms with Gasteiger partial charge in [-0.3, -0.25) is 0 Å². The van der Waals surface area contributed by atoms with E-state index in [0.29, 0.717) is 6.54 Å². The SMILES string of the molecule is Cc1ccc2ncnc(NCc3ccco3)c2c1.Cl. The molecular formula is C14H14ClN3O. The topological polar surface area (TPSA) is 51.0 Å². The monoisotopic (exact) mass is 275 g/mol. The average Bonchev–Trinajstić information content (AvgIpc) is 2.89. The van der Waals surface area contributed by atoms with Crippen LogP contribution < -0.4 is 5.32 Å². The Morgan fingerprint density at radius 3 is 2.89 bits per heavy atom. The highest BCUT2D eigenvalue weighted by atomic mass is 35.5. The Bertz CT molecular complexity index is 668. The number of benzene rings is 1. The number of fused-ring (bicyclic) bond motifs is 1. The Labute approximate surface area is 117 Å². The molecular weight excluding hydrogens is 262 g/mol. The van der Waals surface area contributed by atoms with Crippen LogP contribution in [0.3, 0.4) is 0 Å². The molecule has 3 rings (SSSR count). The van der Waals surface area contributed by atoms with E-state index in [0.717, 1.165) is 22.5 Å². The van der Waals surface area contributed by atoms with Crippen molar-refractivity contribution in [2.24, 2.45) is 0 Å². The normalized spacial score (nSPS) is 10.2. The van der Waals surface area contributed by atoms with Crippen LogP contribution in [0.15, 0.2) is 47.3 Å². The van der Waals surface area contributed by atoms with Gasteiger partial charge in [0.25, 0.3) is 0 Å². The summed E-state index contributed by atoms with van der Waals surface area (Å²) in [6.45, 7) is 2.68. The van der Waals surface area contributed by atoms with Crippen LogP contribution in [0.2, 0.25) is 0 Å². The highest BCUT2D eigenvalue weighted by Crippen LogP contribution is 2.20. The van der Waals surface area contributed by atoms with Crippen molar-refractivity contribution in [2.75, 3.05) is 5.32 Å². The minimum absolute atomic E-state index is 0. The highest BCUT2D eigenvalue weighted by Gasteiger charge is 2.04. The van der Waals surface area contributed by atoms with Crippen LogP contribution in [0.4, 0.5) is 5.82 Å². The van der Waals surface area contributed by atoms with Crippen molar-refractivity contribution >= 4 is 29.1 Å². The highest BCUT2D eigenvalue weighted by molar-refractivity contribution is 5.89. The van der Waals surface area contributed by atoms with E-state index in [4.69, 9.17) is 4.42 Å². The minimum atomic E-state index is 0. The molecule has 0 unspecified atom stereocenters. The fourth-order valence-electron chi connectivity index (χ4n) is 1.90. The molecule has 1 N–H and O–H groups in total. The maximum atomic E-state index is 5.29. The van der Waals surface area contributed by atoms with Gasteiger partial charge in [-0.2, -0.15) is 0 Å². The number of aryl methyl sites for hydroxylation is 1. The van der Waals surface area contributed by atoms with Crippen molar-refractivity contribution < 1.29 is 4.42 Å². The average molecular weight is 276 g/mol. The Hall–Kier alpha value is -2.07. The molecule has 0 atom stereocenters. The smallest absolute Gasteiger partial charge is 0.137 e. The predicted octanol–water partition coefficient (Wildman–Crippen LogP) is 3.57. The first-order valence-electron chi connectivity index (χ1n) is 5.80. The van der Waals surface area contributed by atoms with Gasteiger partial charge < -0.3 is 9.73 Å². The molecule has 0 saturated carbocycles. The fourth-order valence-corrected chi connectivity index (χ4v) is 1.90. The third-order valence-electron chi connectivity index (χ3n) is 2.80. The molecule has 2 aromatic heterocycles. The first-order valence-corrected chi connectivity index (χ1v) is 5.80. The number of rotatable bonds is 3. The number of anilines is 1. The van der Waals surface area contributed by atoms with E-state index >= 15 is 0 Å². The maximum absolute atomic E-state index is 5.29. The van der Waals surface area contributed by atoms with Gasteiger partial charge in [0.1, 0.15) is 17.9 Å². The molecule has 0 radical (unpaired) electrons. The van der Waals surface area contributed by atoms with Crippen LogP contribution >= 0.6 is 12.4 Å². The van der Waals surface area contributed by atoms with Crippen molar-refractivity contribution in [2.45, 2.75) is 13.5 Å². The number of halogens is 1. The Balaban J connectivity index is 0.00000133. The lowest BCUT2D eigenvalue weighted by Gasteiger charge is -2.07. The zero-order valence-electron chi connectivity index (χ0n) is 10.5. The summed E-state index contributed by atoms with van der Waals surface area (Å²) in [7, 11) is 0. The van der Waals surface area contributed by atoms with Gasteiger partial charge in [0.2, 0.25) is 0 Å². The first kappa shape index (κ1) is 13.4. The van der Waals surface area contributed by atoms with E-state index in [9.17, 15) is 0 Å². The summed E-state index contributed by atoms with van der Waals surface area (Å²) in [6, 6.07) is 9.94.